The fourth-order valence-corrected chi connectivity index (χ4v) is 4.34. The number of H-pyrrole nitrogens is 1. The van der Waals surface area contributed by atoms with E-state index in [0.29, 0.717) is 23.1 Å². The summed E-state index contributed by atoms with van der Waals surface area (Å²) in [5.74, 6) is 1.54. The summed E-state index contributed by atoms with van der Waals surface area (Å²) >= 11 is 6.08. The minimum atomic E-state index is -0.00614. The highest BCUT2D eigenvalue weighted by molar-refractivity contribution is 6.31. The van der Waals surface area contributed by atoms with Crippen LogP contribution in [0.25, 0.3) is 10.9 Å². The summed E-state index contributed by atoms with van der Waals surface area (Å²) in [7, 11) is 0. The van der Waals surface area contributed by atoms with Gasteiger partial charge in [-0.1, -0.05) is 23.7 Å². The van der Waals surface area contributed by atoms with Crippen LogP contribution in [0.5, 0.6) is 0 Å². The van der Waals surface area contributed by atoms with Crippen molar-refractivity contribution in [2.75, 3.05) is 18.4 Å². The molecule has 1 aliphatic rings. The molecule has 0 unspecified atom stereocenters. The third kappa shape index (κ3) is 4.16. The van der Waals surface area contributed by atoms with Gasteiger partial charge in [0.05, 0.1) is 11.9 Å². The van der Waals surface area contributed by atoms with Crippen molar-refractivity contribution in [3.8, 4) is 0 Å². The summed E-state index contributed by atoms with van der Waals surface area (Å²) in [6, 6.07) is 11.4. The Labute approximate surface area is 190 Å². The van der Waals surface area contributed by atoms with Crippen molar-refractivity contribution in [1.82, 2.24) is 24.8 Å². The number of aromatic nitrogens is 4. The van der Waals surface area contributed by atoms with E-state index >= 15 is 0 Å². The second-order valence-corrected chi connectivity index (χ2v) is 8.56. The first kappa shape index (κ1) is 20.5. The normalized spacial score (nSPS) is 16.3. The fraction of sp³-hybridized carbons (Fsp3) is 0.250. The Morgan fingerprint density at radius 2 is 2.16 bits per heavy atom. The number of aryl methyl sites for hydroxylation is 1. The number of benzene rings is 1. The topological polar surface area (TPSA) is 86.8 Å². The Morgan fingerprint density at radius 3 is 3.03 bits per heavy atom. The number of nitrogens with zero attached hydrogens (tertiary/aromatic N) is 4. The van der Waals surface area contributed by atoms with E-state index in [2.05, 4.69) is 20.3 Å². The van der Waals surface area contributed by atoms with E-state index in [0.717, 1.165) is 47.4 Å². The number of piperidine rings is 1. The zero-order valence-electron chi connectivity index (χ0n) is 17.7. The maximum Gasteiger partial charge on any atom is 0.270 e. The highest BCUT2D eigenvalue weighted by atomic mass is 35.5. The monoisotopic (exact) mass is 446 g/mol. The first-order valence-corrected chi connectivity index (χ1v) is 11.0. The summed E-state index contributed by atoms with van der Waals surface area (Å²) < 4.78 is 0. The largest absolute Gasteiger partial charge is 0.350 e. The zero-order valence-corrected chi connectivity index (χ0v) is 18.4. The van der Waals surface area contributed by atoms with Crippen molar-refractivity contribution in [3.63, 3.8) is 0 Å². The van der Waals surface area contributed by atoms with Crippen molar-refractivity contribution in [3.05, 3.63) is 77.0 Å². The van der Waals surface area contributed by atoms with Crippen LogP contribution in [0, 0.1) is 6.92 Å². The van der Waals surface area contributed by atoms with E-state index in [-0.39, 0.29) is 11.8 Å². The molecule has 1 atom stereocenters. The standard InChI is InChI=1S/C24H23ClN6O/c1-15-4-2-8-27-23(15)30-22-13-26-12-21(29-22)17-5-3-9-31(14-17)24(32)20-10-16-6-7-18(25)11-19(16)28-20/h2,4,6-8,10-13,17,28H,3,5,9,14H2,1H3,(H,27,29,30)/t17-/m0/s1. The number of carbonyl (C=O) groups excluding carboxylic acids is 1. The highest BCUT2D eigenvalue weighted by Crippen LogP contribution is 2.28. The molecule has 0 aliphatic carbocycles. The van der Waals surface area contributed by atoms with Gasteiger partial charge in [0.15, 0.2) is 0 Å². The van der Waals surface area contributed by atoms with Crippen LogP contribution in [0.3, 0.4) is 0 Å². The molecule has 4 aromatic rings. The first-order chi connectivity index (χ1) is 15.6. The zero-order chi connectivity index (χ0) is 22.1. The lowest BCUT2D eigenvalue weighted by Gasteiger charge is -2.32. The first-order valence-electron chi connectivity index (χ1n) is 10.6. The summed E-state index contributed by atoms with van der Waals surface area (Å²) in [5, 5.41) is 4.87. The number of pyridine rings is 1. The molecule has 162 valence electrons. The Morgan fingerprint density at radius 1 is 1.25 bits per heavy atom. The molecule has 32 heavy (non-hydrogen) atoms. The Bertz CT molecular complexity index is 1290. The minimum absolute atomic E-state index is 0.00614. The van der Waals surface area contributed by atoms with Crippen molar-refractivity contribution >= 4 is 40.0 Å². The van der Waals surface area contributed by atoms with Crippen LogP contribution < -0.4 is 5.32 Å². The van der Waals surface area contributed by atoms with E-state index in [1.165, 1.54) is 0 Å². The van der Waals surface area contributed by atoms with Gasteiger partial charge >= 0.3 is 0 Å². The van der Waals surface area contributed by atoms with E-state index in [9.17, 15) is 4.79 Å². The summed E-state index contributed by atoms with van der Waals surface area (Å²) in [4.78, 5) is 31.8. The van der Waals surface area contributed by atoms with E-state index in [4.69, 9.17) is 16.6 Å². The molecule has 0 bridgehead atoms. The molecule has 3 aromatic heterocycles. The van der Waals surface area contributed by atoms with Crippen molar-refractivity contribution in [2.45, 2.75) is 25.7 Å². The number of halogens is 1. The predicted molar refractivity (Wildman–Crippen MR) is 125 cm³/mol. The lowest BCUT2D eigenvalue weighted by molar-refractivity contribution is 0.0701. The number of aromatic amines is 1. The minimum Gasteiger partial charge on any atom is -0.350 e. The summed E-state index contributed by atoms with van der Waals surface area (Å²) in [6.07, 6.45) is 7.11. The number of fused-ring (bicyclic) bond motifs is 1. The predicted octanol–water partition coefficient (Wildman–Crippen LogP) is 5.08. The molecule has 7 nitrogen and oxygen atoms in total. The van der Waals surface area contributed by atoms with Crippen molar-refractivity contribution in [1.29, 1.82) is 0 Å². The molecular formula is C24H23ClN6O. The third-order valence-electron chi connectivity index (χ3n) is 5.85. The second-order valence-electron chi connectivity index (χ2n) is 8.13. The van der Waals surface area contributed by atoms with E-state index in [1.54, 1.807) is 18.6 Å². The average molecular weight is 447 g/mol. The average Bonchev–Trinajstić information content (AvgIpc) is 3.23. The Hall–Kier alpha value is -3.45. The number of likely N-dealkylation sites (tertiary alicyclic amines) is 1. The van der Waals surface area contributed by atoms with Gasteiger partial charge in [0.2, 0.25) is 0 Å². The molecule has 8 heteroatoms. The lowest BCUT2D eigenvalue weighted by Crippen LogP contribution is -2.39. The highest BCUT2D eigenvalue weighted by Gasteiger charge is 2.27. The molecule has 1 aliphatic heterocycles. The smallest absolute Gasteiger partial charge is 0.270 e. The number of nitrogens with one attached hydrogen (secondary N) is 2. The number of hydrogen-bond acceptors (Lipinski definition) is 5. The third-order valence-corrected chi connectivity index (χ3v) is 6.09. The second kappa shape index (κ2) is 8.59. The summed E-state index contributed by atoms with van der Waals surface area (Å²) in [6.45, 7) is 3.33. The Kier molecular flexibility index (Phi) is 5.49. The molecule has 0 spiro atoms. The molecule has 4 heterocycles. The maximum absolute atomic E-state index is 13.2. The van der Waals surface area contributed by atoms with Crippen LogP contribution in [0.1, 0.15) is 40.5 Å². The van der Waals surface area contributed by atoms with Gasteiger partial charge in [-0.3, -0.25) is 9.78 Å². The van der Waals surface area contributed by atoms with Crippen molar-refractivity contribution in [2.24, 2.45) is 0 Å². The van der Waals surface area contributed by atoms with Crippen LogP contribution in [-0.2, 0) is 0 Å². The molecule has 5 rings (SSSR count). The van der Waals surface area contributed by atoms with Gasteiger partial charge in [0.1, 0.15) is 17.3 Å². The molecule has 1 amide bonds. The number of hydrogen-bond donors (Lipinski definition) is 2. The van der Waals surface area contributed by atoms with E-state index in [1.807, 2.05) is 48.2 Å². The van der Waals surface area contributed by atoms with Gasteiger partial charge in [0, 0.05) is 47.3 Å². The van der Waals surface area contributed by atoms with Crippen LogP contribution in [0.4, 0.5) is 11.6 Å². The van der Waals surface area contributed by atoms with Gasteiger partial charge in [-0.05, 0) is 49.6 Å². The number of anilines is 2. The fourth-order valence-electron chi connectivity index (χ4n) is 4.16. The number of carbonyl (C=O) groups is 1. The molecule has 0 radical (unpaired) electrons. The maximum atomic E-state index is 13.2. The molecular weight excluding hydrogens is 424 g/mol. The lowest BCUT2D eigenvalue weighted by atomic mass is 9.95. The number of rotatable bonds is 4. The van der Waals surface area contributed by atoms with Crippen LogP contribution in [-0.4, -0.2) is 43.8 Å². The molecule has 1 aromatic carbocycles. The van der Waals surface area contributed by atoms with Crippen LogP contribution >= 0.6 is 11.6 Å². The van der Waals surface area contributed by atoms with Crippen molar-refractivity contribution < 1.29 is 4.79 Å². The van der Waals surface area contributed by atoms with Gasteiger partial charge in [-0.2, -0.15) is 0 Å². The molecule has 2 N–H and O–H groups in total. The molecule has 0 saturated carbocycles. The Balaban J connectivity index is 1.33. The van der Waals surface area contributed by atoms with Crippen LogP contribution in [0.2, 0.25) is 5.02 Å². The SMILES string of the molecule is Cc1cccnc1Nc1cncc([C@H]2CCCN(C(=O)c3cc4ccc(Cl)cc4[nH]3)C2)n1. The van der Waals surface area contributed by atoms with E-state index < -0.39 is 0 Å². The van der Waals surface area contributed by atoms with Crippen LogP contribution in [0.15, 0.2) is 55.0 Å². The summed E-state index contributed by atoms with van der Waals surface area (Å²) in [5.41, 5.74) is 3.36. The van der Waals surface area contributed by atoms with Gasteiger partial charge in [-0.25, -0.2) is 9.97 Å². The van der Waals surface area contributed by atoms with Gasteiger partial charge in [-0.15, -0.1) is 0 Å². The molecule has 1 saturated heterocycles. The van der Waals surface area contributed by atoms with Gasteiger partial charge in [0.25, 0.3) is 5.91 Å². The van der Waals surface area contributed by atoms with Gasteiger partial charge < -0.3 is 15.2 Å². The quantitative estimate of drug-likeness (QED) is 0.456. The molecule has 1 fully saturated rings. The number of amides is 1.